The highest BCUT2D eigenvalue weighted by Crippen LogP contribution is 2.29. The zero-order valence-corrected chi connectivity index (χ0v) is 17.7. The Kier molecular flexibility index (Phi) is 6.49. The third-order valence-electron chi connectivity index (χ3n) is 4.99. The highest BCUT2D eigenvalue weighted by molar-refractivity contribution is 6.30. The molecule has 0 saturated carbocycles. The van der Waals surface area contributed by atoms with Crippen LogP contribution in [0.25, 0.3) is 11.3 Å². The van der Waals surface area contributed by atoms with Gasteiger partial charge >= 0.3 is 5.97 Å². The molecule has 31 heavy (non-hydrogen) atoms. The van der Waals surface area contributed by atoms with E-state index in [1.807, 2.05) is 12.1 Å². The lowest BCUT2D eigenvalue weighted by molar-refractivity contribution is -0.142. The Morgan fingerprint density at radius 3 is 2.77 bits per heavy atom. The van der Waals surface area contributed by atoms with Crippen molar-refractivity contribution in [3.05, 3.63) is 81.6 Å². The first-order valence-corrected chi connectivity index (χ1v) is 10.3. The van der Waals surface area contributed by atoms with Crippen molar-refractivity contribution in [3.63, 3.8) is 0 Å². The maximum atomic E-state index is 15.0. The minimum atomic E-state index is -0.474. The van der Waals surface area contributed by atoms with Crippen LogP contribution in [0.5, 0.6) is 5.88 Å². The fraction of sp³-hybridized carbons (Fsp3) is 0.250. The molecule has 0 N–H and O–H groups in total. The average Bonchev–Trinajstić information content (AvgIpc) is 2.75. The molecule has 2 aromatic carbocycles. The van der Waals surface area contributed by atoms with Gasteiger partial charge in [0.2, 0.25) is 5.88 Å². The normalized spacial score (nSPS) is 13.1. The number of halogens is 2. The Hall–Kier alpha value is -2.96. The van der Waals surface area contributed by atoms with Crippen LogP contribution in [-0.4, -0.2) is 17.6 Å². The lowest BCUT2D eigenvalue weighted by atomic mass is 9.99. The van der Waals surface area contributed by atoms with Crippen LogP contribution in [0.1, 0.15) is 29.2 Å². The van der Waals surface area contributed by atoms with Crippen molar-refractivity contribution in [1.82, 2.24) is 4.98 Å². The first-order chi connectivity index (χ1) is 15.0. The zero-order chi connectivity index (χ0) is 21.8. The zero-order valence-electron chi connectivity index (χ0n) is 17.0. The summed E-state index contributed by atoms with van der Waals surface area (Å²) in [5, 5.41) is 0.596. The highest BCUT2D eigenvalue weighted by Gasteiger charge is 2.17. The summed E-state index contributed by atoms with van der Waals surface area (Å²) in [6.07, 6.45) is -0.0390. The molecular weight excluding hydrogens is 421 g/mol. The van der Waals surface area contributed by atoms with Crippen LogP contribution in [0.15, 0.2) is 48.5 Å². The van der Waals surface area contributed by atoms with Crippen LogP contribution in [0.4, 0.5) is 4.39 Å². The number of fused-ring (bicyclic) bond motifs is 6. The summed E-state index contributed by atoms with van der Waals surface area (Å²) in [4.78, 5) is 16.5. The van der Waals surface area contributed by atoms with Crippen molar-refractivity contribution in [2.45, 2.75) is 33.2 Å². The first kappa shape index (κ1) is 21.3. The third kappa shape index (κ3) is 5.03. The SMILES string of the molecule is CCOC(=O)Cc1cc(F)c2cc1COCc1cc(Cl)ccc1COc1cccc-2n1. The predicted octanol–water partition coefficient (Wildman–Crippen LogP) is 5.26. The van der Waals surface area contributed by atoms with E-state index in [1.165, 1.54) is 6.07 Å². The van der Waals surface area contributed by atoms with E-state index in [1.54, 1.807) is 37.3 Å². The monoisotopic (exact) mass is 441 g/mol. The van der Waals surface area contributed by atoms with Crippen molar-refractivity contribution in [3.8, 4) is 17.1 Å². The van der Waals surface area contributed by atoms with Crippen LogP contribution in [0.3, 0.4) is 0 Å². The molecule has 1 aliphatic heterocycles. The molecule has 4 rings (SSSR count). The van der Waals surface area contributed by atoms with Gasteiger partial charge in [-0.15, -0.1) is 0 Å². The number of hydrogen-bond acceptors (Lipinski definition) is 5. The lowest BCUT2D eigenvalue weighted by Crippen LogP contribution is -2.11. The van der Waals surface area contributed by atoms with Gasteiger partial charge in [0.05, 0.1) is 31.9 Å². The smallest absolute Gasteiger partial charge is 0.310 e. The molecule has 0 aliphatic carbocycles. The van der Waals surface area contributed by atoms with E-state index in [0.29, 0.717) is 33.3 Å². The fourth-order valence-corrected chi connectivity index (χ4v) is 3.65. The fourth-order valence-electron chi connectivity index (χ4n) is 3.46. The molecule has 0 atom stereocenters. The molecule has 1 aromatic heterocycles. The van der Waals surface area contributed by atoms with E-state index < -0.39 is 11.8 Å². The maximum absolute atomic E-state index is 15.0. The minimum Gasteiger partial charge on any atom is -0.473 e. The van der Waals surface area contributed by atoms with E-state index in [0.717, 1.165) is 11.1 Å². The Morgan fingerprint density at radius 1 is 1.10 bits per heavy atom. The number of carbonyl (C=O) groups is 1. The van der Waals surface area contributed by atoms with Gasteiger partial charge in [0.25, 0.3) is 0 Å². The molecule has 0 unspecified atom stereocenters. The number of hydrogen-bond donors (Lipinski definition) is 0. The lowest BCUT2D eigenvalue weighted by Gasteiger charge is -2.14. The first-order valence-electron chi connectivity index (χ1n) is 9.95. The molecular formula is C24H21ClFNO4. The van der Waals surface area contributed by atoms with Gasteiger partial charge in [-0.3, -0.25) is 4.79 Å². The number of aromatic nitrogens is 1. The molecule has 4 bridgehead atoms. The Balaban J connectivity index is 1.77. The van der Waals surface area contributed by atoms with E-state index in [2.05, 4.69) is 4.98 Å². The molecule has 0 spiro atoms. The van der Waals surface area contributed by atoms with E-state index in [4.69, 9.17) is 25.8 Å². The van der Waals surface area contributed by atoms with Gasteiger partial charge in [-0.05, 0) is 59.5 Å². The number of esters is 1. The average molecular weight is 442 g/mol. The van der Waals surface area contributed by atoms with Crippen LogP contribution in [-0.2, 0) is 40.5 Å². The summed E-state index contributed by atoms with van der Waals surface area (Å²) >= 11 is 6.16. The van der Waals surface area contributed by atoms with Gasteiger partial charge in [0, 0.05) is 16.7 Å². The van der Waals surface area contributed by atoms with Crippen molar-refractivity contribution >= 4 is 17.6 Å². The van der Waals surface area contributed by atoms with E-state index in [-0.39, 0.29) is 32.8 Å². The van der Waals surface area contributed by atoms with Crippen molar-refractivity contribution in [2.24, 2.45) is 0 Å². The largest absolute Gasteiger partial charge is 0.473 e. The molecule has 0 saturated heterocycles. The van der Waals surface area contributed by atoms with Gasteiger partial charge in [-0.1, -0.05) is 23.7 Å². The van der Waals surface area contributed by atoms with Crippen LogP contribution in [0.2, 0.25) is 5.02 Å². The predicted molar refractivity (Wildman–Crippen MR) is 114 cm³/mol. The van der Waals surface area contributed by atoms with Gasteiger partial charge in [0.15, 0.2) is 0 Å². The van der Waals surface area contributed by atoms with Crippen molar-refractivity contribution in [1.29, 1.82) is 0 Å². The topological polar surface area (TPSA) is 57.7 Å². The molecule has 5 nitrogen and oxygen atoms in total. The standard InChI is InChI=1S/C24H21ClFNO4/c1-2-30-24(28)11-16-10-21(26)20-9-18(16)13-29-12-17-8-19(25)7-6-15(17)14-31-23-5-3-4-22(20)27-23/h3-10H,2,11-14H2,1H3. The summed E-state index contributed by atoms with van der Waals surface area (Å²) in [5.74, 6) is -0.507. The second-order valence-electron chi connectivity index (χ2n) is 7.14. The highest BCUT2D eigenvalue weighted by atomic mass is 35.5. The van der Waals surface area contributed by atoms with Crippen LogP contribution >= 0.6 is 11.6 Å². The second kappa shape index (κ2) is 9.45. The van der Waals surface area contributed by atoms with Crippen LogP contribution in [0, 0.1) is 5.82 Å². The summed E-state index contributed by atoms with van der Waals surface area (Å²) in [7, 11) is 0. The third-order valence-corrected chi connectivity index (χ3v) is 5.22. The summed E-state index contributed by atoms with van der Waals surface area (Å²) in [6.45, 7) is 2.75. The molecule has 0 fully saturated rings. The summed E-state index contributed by atoms with van der Waals surface area (Å²) < 4.78 is 31.8. The Labute approximate surface area is 184 Å². The quantitative estimate of drug-likeness (QED) is 0.519. The van der Waals surface area contributed by atoms with Crippen molar-refractivity contribution < 1.29 is 23.4 Å². The Morgan fingerprint density at radius 2 is 1.94 bits per heavy atom. The van der Waals surface area contributed by atoms with Gasteiger partial charge in [-0.25, -0.2) is 9.37 Å². The molecule has 160 valence electrons. The van der Waals surface area contributed by atoms with E-state index in [9.17, 15) is 9.18 Å². The molecule has 2 heterocycles. The molecule has 3 aromatic rings. The summed E-state index contributed by atoms with van der Waals surface area (Å²) in [6, 6.07) is 13.7. The second-order valence-corrected chi connectivity index (χ2v) is 7.57. The number of rotatable bonds is 3. The molecule has 1 aliphatic rings. The minimum absolute atomic E-state index is 0.0390. The number of ether oxygens (including phenoxy) is 3. The number of nitrogens with zero attached hydrogens (tertiary/aromatic N) is 1. The van der Waals surface area contributed by atoms with Gasteiger partial charge in [-0.2, -0.15) is 0 Å². The number of benzene rings is 2. The molecule has 0 amide bonds. The Bertz CT molecular complexity index is 1120. The number of pyridine rings is 1. The molecule has 7 heteroatoms. The maximum Gasteiger partial charge on any atom is 0.310 e. The summed E-state index contributed by atoms with van der Waals surface area (Å²) in [5.41, 5.74) is 3.78. The van der Waals surface area contributed by atoms with Crippen molar-refractivity contribution in [2.75, 3.05) is 6.61 Å². The molecule has 0 radical (unpaired) electrons. The van der Waals surface area contributed by atoms with E-state index >= 15 is 0 Å². The van der Waals surface area contributed by atoms with Gasteiger partial charge < -0.3 is 14.2 Å². The van der Waals surface area contributed by atoms with Crippen LogP contribution < -0.4 is 4.74 Å². The number of carbonyl (C=O) groups excluding carboxylic acids is 1. The van der Waals surface area contributed by atoms with Gasteiger partial charge in [0.1, 0.15) is 12.4 Å².